The topological polar surface area (TPSA) is 53.7 Å². The SMILES string of the molecule is COCCCOCCOc1c(N)cccc1Cl. The number of nitrogens with two attached hydrogens (primary N) is 1. The van der Waals surface area contributed by atoms with Gasteiger partial charge in [-0.1, -0.05) is 17.7 Å². The van der Waals surface area contributed by atoms with E-state index in [1.54, 1.807) is 25.3 Å². The van der Waals surface area contributed by atoms with Crippen molar-refractivity contribution in [2.24, 2.45) is 0 Å². The molecule has 17 heavy (non-hydrogen) atoms. The van der Waals surface area contributed by atoms with Crippen LogP contribution in [-0.2, 0) is 9.47 Å². The highest BCUT2D eigenvalue weighted by atomic mass is 35.5. The van der Waals surface area contributed by atoms with Crippen molar-refractivity contribution < 1.29 is 14.2 Å². The summed E-state index contributed by atoms with van der Waals surface area (Å²) in [6, 6.07) is 5.28. The van der Waals surface area contributed by atoms with Crippen molar-refractivity contribution in [3.63, 3.8) is 0 Å². The van der Waals surface area contributed by atoms with Gasteiger partial charge < -0.3 is 19.9 Å². The van der Waals surface area contributed by atoms with Crippen LogP contribution in [0.5, 0.6) is 5.75 Å². The highest BCUT2D eigenvalue weighted by molar-refractivity contribution is 6.32. The van der Waals surface area contributed by atoms with E-state index in [-0.39, 0.29) is 0 Å². The van der Waals surface area contributed by atoms with Crippen molar-refractivity contribution >= 4 is 17.3 Å². The molecule has 0 bridgehead atoms. The van der Waals surface area contributed by atoms with Gasteiger partial charge in [0.25, 0.3) is 0 Å². The van der Waals surface area contributed by atoms with Gasteiger partial charge in [0.2, 0.25) is 0 Å². The predicted octanol–water partition coefficient (Wildman–Crippen LogP) is 2.35. The minimum Gasteiger partial charge on any atom is -0.487 e. The third-order valence-corrected chi connectivity index (χ3v) is 2.41. The van der Waals surface area contributed by atoms with Crippen LogP contribution in [-0.4, -0.2) is 33.5 Å². The highest BCUT2D eigenvalue weighted by Crippen LogP contribution is 2.30. The van der Waals surface area contributed by atoms with E-state index in [0.717, 1.165) is 6.42 Å². The Labute approximate surface area is 107 Å². The second kappa shape index (κ2) is 8.17. The predicted molar refractivity (Wildman–Crippen MR) is 68.7 cm³/mol. The normalized spacial score (nSPS) is 10.5. The average molecular weight is 260 g/mol. The first-order valence-corrected chi connectivity index (χ1v) is 5.87. The molecule has 0 heterocycles. The van der Waals surface area contributed by atoms with Gasteiger partial charge >= 0.3 is 0 Å². The molecule has 0 fully saturated rings. The average Bonchev–Trinajstić information content (AvgIpc) is 2.31. The number of ether oxygens (including phenoxy) is 3. The van der Waals surface area contributed by atoms with Gasteiger partial charge in [0.15, 0.2) is 5.75 Å². The maximum absolute atomic E-state index is 5.95. The summed E-state index contributed by atoms with van der Waals surface area (Å²) in [6.07, 6.45) is 0.880. The van der Waals surface area contributed by atoms with Crippen LogP contribution < -0.4 is 10.5 Å². The number of benzene rings is 1. The van der Waals surface area contributed by atoms with E-state index in [1.165, 1.54) is 0 Å². The zero-order chi connectivity index (χ0) is 12.5. The van der Waals surface area contributed by atoms with Gasteiger partial charge in [0, 0.05) is 20.3 Å². The van der Waals surface area contributed by atoms with E-state index in [1.807, 2.05) is 0 Å². The fourth-order valence-electron chi connectivity index (χ4n) is 1.29. The summed E-state index contributed by atoms with van der Waals surface area (Å²) in [5, 5.41) is 0.518. The van der Waals surface area contributed by atoms with Crippen molar-refractivity contribution in [1.82, 2.24) is 0 Å². The van der Waals surface area contributed by atoms with Crippen molar-refractivity contribution in [2.75, 3.05) is 39.3 Å². The summed E-state index contributed by atoms with van der Waals surface area (Å²) in [5.41, 5.74) is 6.27. The largest absolute Gasteiger partial charge is 0.487 e. The van der Waals surface area contributed by atoms with Crippen molar-refractivity contribution in [3.8, 4) is 5.75 Å². The molecule has 0 aliphatic carbocycles. The molecule has 0 saturated carbocycles. The summed E-state index contributed by atoms with van der Waals surface area (Å²) in [7, 11) is 1.67. The van der Waals surface area contributed by atoms with Crippen molar-refractivity contribution in [2.45, 2.75) is 6.42 Å². The molecule has 0 unspecified atom stereocenters. The number of nitrogen functional groups attached to an aromatic ring is 1. The number of halogens is 1. The number of hydrogen-bond acceptors (Lipinski definition) is 4. The smallest absolute Gasteiger partial charge is 0.160 e. The third-order valence-electron chi connectivity index (χ3n) is 2.11. The second-order valence-corrected chi connectivity index (χ2v) is 3.87. The van der Waals surface area contributed by atoms with Crippen molar-refractivity contribution in [1.29, 1.82) is 0 Å². The second-order valence-electron chi connectivity index (χ2n) is 3.47. The molecule has 5 heteroatoms. The molecule has 0 atom stereocenters. The van der Waals surface area contributed by atoms with Gasteiger partial charge in [-0.15, -0.1) is 0 Å². The van der Waals surface area contributed by atoms with Gasteiger partial charge in [0.05, 0.1) is 17.3 Å². The highest BCUT2D eigenvalue weighted by Gasteiger charge is 2.04. The molecule has 0 saturated heterocycles. The Morgan fingerprint density at radius 3 is 2.71 bits per heavy atom. The van der Waals surface area contributed by atoms with Crippen molar-refractivity contribution in [3.05, 3.63) is 23.2 Å². The minimum atomic E-state index is 0.431. The van der Waals surface area contributed by atoms with E-state index >= 15 is 0 Å². The lowest BCUT2D eigenvalue weighted by Gasteiger charge is -2.10. The van der Waals surface area contributed by atoms with Crippen LogP contribution in [0.2, 0.25) is 5.02 Å². The molecule has 0 spiro atoms. The molecule has 2 N–H and O–H groups in total. The third kappa shape index (κ3) is 5.26. The molecule has 0 aliphatic heterocycles. The van der Waals surface area contributed by atoms with Gasteiger partial charge in [-0.05, 0) is 18.6 Å². The van der Waals surface area contributed by atoms with E-state index in [9.17, 15) is 0 Å². The standard InChI is InChI=1S/C12H18ClNO3/c1-15-6-3-7-16-8-9-17-12-10(13)4-2-5-11(12)14/h2,4-5H,3,6-9,14H2,1H3. The number of anilines is 1. The Kier molecular flexibility index (Phi) is 6.77. The van der Waals surface area contributed by atoms with Crippen LogP contribution in [0.4, 0.5) is 5.69 Å². The van der Waals surface area contributed by atoms with E-state index in [0.29, 0.717) is 42.9 Å². The van der Waals surface area contributed by atoms with Crippen LogP contribution in [0.15, 0.2) is 18.2 Å². The Morgan fingerprint density at radius 2 is 2.00 bits per heavy atom. The molecule has 0 radical (unpaired) electrons. The van der Waals surface area contributed by atoms with Gasteiger partial charge in [0.1, 0.15) is 6.61 Å². The van der Waals surface area contributed by atoms with Crippen LogP contribution in [0.3, 0.4) is 0 Å². The first-order valence-electron chi connectivity index (χ1n) is 5.49. The molecule has 4 nitrogen and oxygen atoms in total. The number of hydrogen-bond donors (Lipinski definition) is 1. The van der Waals surface area contributed by atoms with E-state index in [4.69, 9.17) is 31.5 Å². The molecular formula is C12H18ClNO3. The Balaban J connectivity index is 2.18. The maximum Gasteiger partial charge on any atom is 0.160 e. The van der Waals surface area contributed by atoms with Crippen LogP contribution in [0, 0.1) is 0 Å². The zero-order valence-electron chi connectivity index (χ0n) is 9.95. The lowest BCUT2D eigenvalue weighted by molar-refractivity contribution is 0.0808. The molecular weight excluding hydrogens is 242 g/mol. The minimum absolute atomic E-state index is 0.431. The monoisotopic (exact) mass is 259 g/mol. The summed E-state index contributed by atoms with van der Waals surface area (Å²) < 4.78 is 15.7. The van der Waals surface area contributed by atoms with Crippen LogP contribution in [0.25, 0.3) is 0 Å². The Hall–Kier alpha value is -0.970. The molecule has 96 valence electrons. The fraction of sp³-hybridized carbons (Fsp3) is 0.500. The van der Waals surface area contributed by atoms with Gasteiger partial charge in [-0.2, -0.15) is 0 Å². The molecule has 1 aromatic rings. The summed E-state index contributed by atoms with van der Waals surface area (Å²) in [6.45, 7) is 2.31. The van der Waals surface area contributed by atoms with Crippen LogP contribution in [0.1, 0.15) is 6.42 Å². The molecule has 0 aromatic heterocycles. The number of rotatable bonds is 8. The molecule has 0 amide bonds. The summed E-state index contributed by atoms with van der Waals surface area (Å²) >= 11 is 5.95. The van der Waals surface area contributed by atoms with Gasteiger partial charge in [-0.3, -0.25) is 0 Å². The number of para-hydroxylation sites is 1. The van der Waals surface area contributed by atoms with E-state index in [2.05, 4.69) is 0 Å². The molecule has 1 rings (SSSR count). The lowest BCUT2D eigenvalue weighted by atomic mass is 10.3. The zero-order valence-corrected chi connectivity index (χ0v) is 10.7. The quantitative estimate of drug-likeness (QED) is 0.575. The number of methoxy groups -OCH3 is 1. The molecule has 0 aliphatic rings. The first kappa shape index (κ1) is 14.1. The van der Waals surface area contributed by atoms with Gasteiger partial charge in [-0.25, -0.2) is 0 Å². The van der Waals surface area contributed by atoms with Crippen LogP contribution >= 0.6 is 11.6 Å². The summed E-state index contributed by atoms with van der Waals surface area (Å²) in [5.74, 6) is 0.523. The van der Waals surface area contributed by atoms with E-state index < -0.39 is 0 Å². The fourth-order valence-corrected chi connectivity index (χ4v) is 1.52. The Morgan fingerprint density at radius 1 is 1.18 bits per heavy atom. The summed E-state index contributed by atoms with van der Waals surface area (Å²) in [4.78, 5) is 0. The first-order chi connectivity index (χ1) is 8.25. The maximum atomic E-state index is 5.95. The lowest BCUT2D eigenvalue weighted by Crippen LogP contribution is -2.09. The molecule has 1 aromatic carbocycles. The Bertz CT molecular complexity index is 313.